The smallest absolute Gasteiger partial charge is 0.145 e. The molecule has 4 heteroatoms. The molecule has 4 nitrogen and oxygen atoms in total. The van der Waals surface area contributed by atoms with Crippen LogP contribution in [0.15, 0.2) is 30.5 Å². The number of nitrogens with zero attached hydrogens (tertiary/aromatic N) is 1. The molecule has 0 unspecified atom stereocenters. The second-order valence-electron chi connectivity index (χ2n) is 3.83. The van der Waals surface area contributed by atoms with Crippen molar-refractivity contribution in [3.05, 3.63) is 41.7 Å². The van der Waals surface area contributed by atoms with Crippen molar-refractivity contribution in [3.8, 4) is 5.75 Å². The van der Waals surface area contributed by atoms with Crippen LogP contribution in [0.3, 0.4) is 0 Å². The van der Waals surface area contributed by atoms with Crippen LogP contribution in [-0.2, 0) is 13.0 Å². The van der Waals surface area contributed by atoms with Gasteiger partial charge < -0.3 is 10.1 Å². The van der Waals surface area contributed by atoms with Crippen molar-refractivity contribution in [2.24, 2.45) is 0 Å². The number of H-pyrrole nitrogens is 1. The molecule has 82 valence electrons. The lowest BCUT2D eigenvalue weighted by Crippen LogP contribution is -2.01. The van der Waals surface area contributed by atoms with Gasteiger partial charge in [-0.15, -0.1) is 0 Å². The van der Waals surface area contributed by atoms with Crippen molar-refractivity contribution >= 4 is 5.69 Å². The van der Waals surface area contributed by atoms with Crippen LogP contribution in [0.2, 0.25) is 0 Å². The highest BCUT2D eigenvalue weighted by Crippen LogP contribution is 2.33. The van der Waals surface area contributed by atoms with Gasteiger partial charge in [-0.3, -0.25) is 5.10 Å². The Bertz CT molecular complexity index is 479. The normalized spacial score (nSPS) is 13.2. The van der Waals surface area contributed by atoms with Gasteiger partial charge in [0.25, 0.3) is 0 Å². The third kappa shape index (κ3) is 1.62. The lowest BCUT2D eigenvalue weighted by atomic mass is 10.1. The van der Waals surface area contributed by atoms with Crippen molar-refractivity contribution in [3.63, 3.8) is 0 Å². The maximum atomic E-state index is 5.61. The Labute approximate surface area is 93.6 Å². The van der Waals surface area contributed by atoms with Crippen LogP contribution < -0.4 is 10.1 Å². The molecule has 2 N–H and O–H groups in total. The Morgan fingerprint density at radius 2 is 2.38 bits per heavy atom. The van der Waals surface area contributed by atoms with Gasteiger partial charge in [-0.25, -0.2) is 0 Å². The third-order valence-corrected chi connectivity index (χ3v) is 2.74. The molecule has 0 amide bonds. The summed E-state index contributed by atoms with van der Waals surface area (Å²) >= 11 is 0. The summed E-state index contributed by atoms with van der Waals surface area (Å²) in [6.45, 7) is 1.53. The van der Waals surface area contributed by atoms with E-state index in [1.165, 1.54) is 5.56 Å². The van der Waals surface area contributed by atoms with E-state index in [9.17, 15) is 0 Å². The van der Waals surface area contributed by atoms with E-state index in [1.807, 2.05) is 12.1 Å². The first-order valence-corrected chi connectivity index (χ1v) is 5.40. The van der Waals surface area contributed by atoms with E-state index in [0.29, 0.717) is 0 Å². The molecule has 0 radical (unpaired) electrons. The molecule has 2 heterocycles. The number of para-hydroxylation sites is 1. The fourth-order valence-electron chi connectivity index (χ4n) is 1.93. The van der Waals surface area contributed by atoms with Crippen molar-refractivity contribution in [1.82, 2.24) is 10.2 Å². The number of hydrogen-bond acceptors (Lipinski definition) is 3. The van der Waals surface area contributed by atoms with E-state index in [-0.39, 0.29) is 0 Å². The van der Waals surface area contributed by atoms with E-state index in [0.717, 1.165) is 36.7 Å². The number of benzene rings is 1. The summed E-state index contributed by atoms with van der Waals surface area (Å²) in [5, 5.41) is 10.2. The number of hydrogen-bond donors (Lipinski definition) is 2. The number of ether oxygens (including phenoxy) is 1. The second-order valence-corrected chi connectivity index (χ2v) is 3.83. The van der Waals surface area contributed by atoms with E-state index in [1.54, 1.807) is 6.20 Å². The van der Waals surface area contributed by atoms with Gasteiger partial charge in [0.1, 0.15) is 5.75 Å². The SMILES string of the molecule is c1cc2c(c(NCc3ccn[nH]3)c1)OCC2. The summed E-state index contributed by atoms with van der Waals surface area (Å²) in [4.78, 5) is 0. The molecule has 0 fully saturated rings. The largest absolute Gasteiger partial charge is 0.491 e. The van der Waals surface area contributed by atoms with Crippen LogP contribution >= 0.6 is 0 Å². The summed E-state index contributed by atoms with van der Waals surface area (Å²) in [5.41, 5.74) is 3.41. The van der Waals surface area contributed by atoms with Gasteiger partial charge in [-0.1, -0.05) is 12.1 Å². The summed E-state index contributed by atoms with van der Waals surface area (Å²) < 4.78 is 5.61. The Morgan fingerprint density at radius 1 is 1.38 bits per heavy atom. The van der Waals surface area contributed by atoms with E-state index < -0.39 is 0 Å². The first-order chi connectivity index (χ1) is 7.93. The van der Waals surface area contributed by atoms with Gasteiger partial charge >= 0.3 is 0 Å². The minimum atomic E-state index is 0.736. The van der Waals surface area contributed by atoms with Crippen molar-refractivity contribution < 1.29 is 4.74 Å². The number of nitrogens with one attached hydrogen (secondary N) is 2. The Balaban J connectivity index is 1.78. The fraction of sp³-hybridized carbons (Fsp3) is 0.250. The first-order valence-electron chi connectivity index (χ1n) is 5.40. The molecule has 0 aliphatic carbocycles. The molecule has 0 spiro atoms. The molecule has 1 aromatic heterocycles. The zero-order valence-electron chi connectivity index (χ0n) is 8.86. The summed E-state index contributed by atoms with van der Waals surface area (Å²) in [5.74, 6) is 1.00. The first kappa shape index (κ1) is 9.27. The van der Waals surface area contributed by atoms with Gasteiger partial charge in [-0.2, -0.15) is 5.10 Å². The van der Waals surface area contributed by atoms with Crippen molar-refractivity contribution in [2.75, 3.05) is 11.9 Å². The Kier molecular flexibility index (Phi) is 2.25. The van der Waals surface area contributed by atoms with Gasteiger partial charge in [0, 0.05) is 12.6 Å². The highest BCUT2D eigenvalue weighted by atomic mass is 16.5. The topological polar surface area (TPSA) is 49.9 Å². The molecule has 0 saturated heterocycles. The average Bonchev–Trinajstić information content (AvgIpc) is 2.97. The Hall–Kier alpha value is -1.97. The van der Waals surface area contributed by atoms with E-state index in [2.05, 4.69) is 27.6 Å². The molecule has 1 aliphatic rings. The van der Waals surface area contributed by atoms with Crippen LogP contribution in [0.25, 0.3) is 0 Å². The standard InChI is InChI=1S/C12H13N3O/c1-2-9-5-7-16-12(9)11(3-1)13-8-10-4-6-14-15-10/h1-4,6,13H,5,7-8H2,(H,14,15). The Morgan fingerprint density at radius 3 is 3.25 bits per heavy atom. The van der Waals surface area contributed by atoms with Crippen LogP contribution in [0.4, 0.5) is 5.69 Å². The van der Waals surface area contributed by atoms with Crippen molar-refractivity contribution in [2.45, 2.75) is 13.0 Å². The van der Waals surface area contributed by atoms with E-state index >= 15 is 0 Å². The number of anilines is 1. The van der Waals surface area contributed by atoms with Gasteiger partial charge in [0.2, 0.25) is 0 Å². The van der Waals surface area contributed by atoms with Gasteiger partial charge in [0.15, 0.2) is 0 Å². The monoisotopic (exact) mass is 215 g/mol. The minimum absolute atomic E-state index is 0.736. The number of aromatic nitrogens is 2. The molecule has 1 aliphatic heterocycles. The summed E-state index contributed by atoms with van der Waals surface area (Å²) in [6, 6.07) is 8.17. The molecular formula is C12H13N3O. The molecule has 1 aromatic carbocycles. The van der Waals surface area contributed by atoms with Gasteiger partial charge in [-0.05, 0) is 17.7 Å². The molecular weight excluding hydrogens is 202 g/mol. The number of aromatic amines is 1. The van der Waals surface area contributed by atoms with E-state index in [4.69, 9.17) is 4.74 Å². The number of rotatable bonds is 3. The zero-order chi connectivity index (χ0) is 10.8. The lowest BCUT2D eigenvalue weighted by Gasteiger charge is -2.09. The number of fused-ring (bicyclic) bond motifs is 1. The molecule has 0 bridgehead atoms. The highest BCUT2D eigenvalue weighted by Gasteiger charge is 2.15. The molecule has 2 aromatic rings. The van der Waals surface area contributed by atoms with Crippen LogP contribution in [0.1, 0.15) is 11.3 Å². The predicted molar refractivity (Wildman–Crippen MR) is 61.6 cm³/mol. The van der Waals surface area contributed by atoms with Crippen molar-refractivity contribution in [1.29, 1.82) is 0 Å². The lowest BCUT2D eigenvalue weighted by molar-refractivity contribution is 0.358. The third-order valence-electron chi connectivity index (χ3n) is 2.74. The predicted octanol–water partition coefficient (Wildman–Crippen LogP) is 1.96. The summed E-state index contributed by atoms with van der Waals surface area (Å²) in [7, 11) is 0. The zero-order valence-corrected chi connectivity index (χ0v) is 8.86. The minimum Gasteiger partial charge on any atom is -0.491 e. The van der Waals surface area contributed by atoms with Crippen LogP contribution in [0, 0.1) is 0 Å². The fourth-order valence-corrected chi connectivity index (χ4v) is 1.93. The molecule has 0 saturated carbocycles. The quantitative estimate of drug-likeness (QED) is 0.822. The maximum absolute atomic E-state index is 5.61. The molecule has 16 heavy (non-hydrogen) atoms. The van der Waals surface area contributed by atoms with Crippen LogP contribution in [-0.4, -0.2) is 16.8 Å². The maximum Gasteiger partial charge on any atom is 0.145 e. The van der Waals surface area contributed by atoms with Gasteiger partial charge in [0.05, 0.1) is 24.5 Å². The molecule has 0 atom stereocenters. The average molecular weight is 215 g/mol. The van der Waals surface area contributed by atoms with Crippen LogP contribution in [0.5, 0.6) is 5.75 Å². The summed E-state index contributed by atoms with van der Waals surface area (Å²) in [6.07, 6.45) is 2.76. The second kappa shape index (κ2) is 3.89. The highest BCUT2D eigenvalue weighted by molar-refractivity contribution is 5.61. The molecule has 3 rings (SSSR count).